The van der Waals surface area contributed by atoms with Crippen molar-refractivity contribution < 1.29 is 0 Å². The van der Waals surface area contributed by atoms with E-state index in [-0.39, 0.29) is 0 Å². The van der Waals surface area contributed by atoms with Crippen molar-refractivity contribution >= 4 is 0 Å². The Morgan fingerprint density at radius 3 is 1.79 bits per heavy atom. The second-order valence-corrected chi connectivity index (χ2v) is 5.67. The standard InChI is InChI=1S/C18H23N/c1-13-10-18(11-14(2)15(13)3)17-8-6-16(7-9-17)12-19(4)5/h6-11H,12H2,1-5H3. The van der Waals surface area contributed by atoms with Crippen LogP contribution < -0.4 is 0 Å². The molecule has 0 spiro atoms. The maximum Gasteiger partial charge on any atom is 0.0227 e. The van der Waals surface area contributed by atoms with Crippen molar-refractivity contribution in [3.63, 3.8) is 0 Å². The first-order chi connectivity index (χ1) is 8.97. The maximum absolute atomic E-state index is 2.28. The van der Waals surface area contributed by atoms with Gasteiger partial charge in [-0.1, -0.05) is 36.4 Å². The minimum atomic E-state index is 0.992. The molecule has 0 fully saturated rings. The van der Waals surface area contributed by atoms with Gasteiger partial charge in [0.25, 0.3) is 0 Å². The van der Waals surface area contributed by atoms with Crippen LogP contribution in [-0.4, -0.2) is 19.0 Å². The number of hydrogen-bond donors (Lipinski definition) is 0. The Bertz CT molecular complexity index is 542. The predicted molar refractivity (Wildman–Crippen MR) is 83.5 cm³/mol. The van der Waals surface area contributed by atoms with Crippen LogP contribution in [0.4, 0.5) is 0 Å². The van der Waals surface area contributed by atoms with E-state index in [2.05, 4.69) is 76.2 Å². The van der Waals surface area contributed by atoms with Crippen molar-refractivity contribution in [1.29, 1.82) is 0 Å². The van der Waals surface area contributed by atoms with E-state index in [9.17, 15) is 0 Å². The molecule has 2 aromatic carbocycles. The Morgan fingerprint density at radius 1 is 0.789 bits per heavy atom. The highest BCUT2D eigenvalue weighted by Gasteiger charge is 2.04. The molecule has 0 atom stereocenters. The summed E-state index contributed by atoms with van der Waals surface area (Å²) in [5.74, 6) is 0. The Morgan fingerprint density at radius 2 is 1.32 bits per heavy atom. The van der Waals surface area contributed by atoms with Crippen LogP contribution in [0.2, 0.25) is 0 Å². The highest BCUT2D eigenvalue weighted by molar-refractivity contribution is 5.66. The Kier molecular flexibility index (Phi) is 4.06. The average Bonchev–Trinajstić information content (AvgIpc) is 2.35. The van der Waals surface area contributed by atoms with E-state index in [0.717, 1.165) is 6.54 Å². The lowest BCUT2D eigenvalue weighted by Gasteiger charge is -2.12. The van der Waals surface area contributed by atoms with Crippen LogP contribution in [0.1, 0.15) is 22.3 Å². The van der Waals surface area contributed by atoms with Gasteiger partial charge in [0.15, 0.2) is 0 Å². The first-order valence-electron chi connectivity index (χ1n) is 6.79. The molecule has 0 amide bonds. The van der Waals surface area contributed by atoms with Gasteiger partial charge in [-0.3, -0.25) is 0 Å². The number of benzene rings is 2. The summed E-state index contributed by atoms with van der Waals surface area (Å²) in [5, 5.41) is 0. The summed E-state index contributed by atoms with van der Waals surface area (Å²) >= 11 is 0. The molecule has 0 saturated carbocycles. The molecule has 2 rings (SSSR count). The quantitative estimate of drug-likeness (QED) is 0.786. The molecule has 0 bridgehead atoms. The van der Waals surface area contributed by atoms with Gasteiger partial charge in [-0.25, -0.2) is 0 Å². The molecule has 0 aliphatic carbocycles. The lowest BCUT2D eigenvalue weighted by molar-refractivity contribution is 0.402. The van der Waals surface area contributed by atoms with E-state index in [0.29, 0.717) is 0 Å². The fraction of sp³-hybridized carbons (Fsp3) is 0.333. The van der Waals surface area contributed by atoms with Gasteiger partial charge in [0.05, 0.1) is 0 Å². The van der Waals surface area contributed by atoms with E-state index < -0.39 is 0 Å². The van der Waals surface area contributed by atoms with Crippen molar-refractivity contribution in [3.05, 3.63) is 58.7 Å². The van der Waals surface area contributed by atoms with Gasteiger partial charge in [-0.2, -0.15) is 0 Å². The lowest BCUT2D eigenvalue weighted by atomic mass is 9.96. The van der Waals surface area contributed by atoms with E-state index in [1.807, 2.05) is 0 Å². The monoisotopic (exact) mass is 253 g/mol. The second kappa shape index (κ2) is 5.58. The molecule has 0 heterocycles. The van der Waals surface area contributed by atoms with Crippen LogP contribution in [-0.2, 0) is 6.54 Å². The topological polar surface area (TPSA) is 3.24 Å². The second-order valence-electron chi connectivity index (χ2n) is 5.67. The average molecular weight is 253 g/mol. The Balaban J connectivity index is 2.32. The SMILES string of the molecule is Cc1cc(-c2ccc(CN(C)C)cc2)cc(C)c1C. The zero-order valence-electron chi connectivity index (χ0n) is 12.6. The zero-order valence-corrected chi connectivity index (χ0v) is 12.6. The van der Waals surface area contributed by atoms with Crippen molar-refractivity contribution in [2.75, 3.05) is 14.1 Å². The highest BCUT2D eigenvalue weighted by Crippen LogP contribution is 2.25. The van der Waals surface area contributed by atoms with Crippen LogP contribution in [0.15, 0.2) is 36.4 Å². The molecule has 1 heteroatoms. The van der Waals surface area contributed by atoms with Crippen LogP contribution in [0.3, 0.4) is 0 Å². The molecule has 0 unspecified atom stereocenters. The summed E-state index contributed by atoms with van der Waals surface area (Å²) in [7, 11) is 4.20. The van der Waals surface area contributed by atoms with E-state index in [4.69, 9.17) is 0 Å². The van der Waals surface area contributed by atoms with Crippen molar-refractivity contribution in [3.8, 4) is 11.1 Å². The number of nitrogens with zero attached hydrogens (tertiary/aromatic N) is 1. The van der Waals surface area contributed by atoms with Gasteiger partial charge in [-0.05, 0) is 68.2 Å². The van der Waals surface area contributed by atoms with Crippen LogP contribution in [0, 0.1) is 20.8 Å². The number of rotatable bonds is 3. The largest absolute Gasteiger partial charge is 0.305 e. The van der Waals surface area contributed by atoms with Crippen LogP contribution in [0.25, 0.3) is 11.1 Å². The van der Waals surface area contributed by atoms with Crippen molar-refractivity contribution in [2.45, 2.75) is 27.3 Å². The summed E-state index contributed by atoms with van der Waals surface area (Å²) in [6.45, 7) is 7.55. The van der Waals surface area contributed by atoms with Gasteiger partial charge < -0.3 is 4.90 Å². The van der Waals surface area contributed by atoms with Gasteiger partial charge in [0.2, 0.25) is 0 Å². The molecule has 0 aliphatic heterocycles. The molecule has 2 aromatic rings. The van der Waals surface area contributed by atoms with Gasteiger partial charge in [-0.15, -0.1) is 0 Å². The van der Waals surface area contributed by atoms with Gasteiger partial charge in [0.1, 0.15) is 0 Å². The Labute approximate surface area is 116 Å². The molecule has 0 N–H and O–H groups in total. The van der Waals surface area contributed by atoms with Crippen LogP contribution >= 0.6 is 0 Å². The third-order valence-electron chi connectivity index (χ3n) is 3.71. The summed E-state index contributed by atoms with van der Waals surface area (Å²) in [5.41, 5.74) is 8.10. The molecule has 0 aliphatic rings. The molecule has 0 aromatic heterocycles. The zero-order chi connectivity index (χ0) is 14.0. The smallest absolute Gasteiger partial charge is 0.0227 e. The fourth-order valence-electron chi connectivity index (χ4n) is 2.37. The molecular formula is C18H23N. The van der Waals surface area contributed by atoms with E-state index in [1.54, 1.807) is 0 Å². The molecule has 1 nitrogen and oxygen atoms in total. The van der Waals surface area contributed by atoms with Crippen molar-refractivity contribution in [1.82, 2.24) is 4.90 Å². The van der Waals surface area contributed by atoms with E-state index >= 15 is 0 Å². The van der Waals surface area contributed by atoms with Crippen molar-refractivity contribution in [2.24, 2.45) is 0 Å². The van der Waals surface area contributed by atoms with Gasteiger partial charge >= 0.3 is 0 Å². The third-order valence-corrected chi connectivity index (χ3v) is 3.71. The summed E-state index contributed by atoms with van der Waals surface area (Å²) in [6, 6.07) is 13.5. The number of hydrogen-bond acceptors (Lipinski definition) is 1. The fourth-order valence-corrected chi connectivity index (χ4v) is 2.37. The van der Waals surface area contributed by atoms with Crippen LogP contribution in [0.5, 0.6) is 0 Å². The van der Waals surface area contributed by atoms with E-state index in [1.165, 1.54) is 33.4 Å². The summed E-state index contributed by atoms with van der Waals surface area (Å²) in [6.07, 6.45) is 0. The number of aryl methyl sites for hydroxylation is 2. The molecule has 0 saturated heterocycles. The molecular weight excluding hydrogens is 230 g/mol. The molecule has 0 radical (unpaired) electrons. The molecule has 19 heavy (non-hydrogen) atoms. The maximum atomic E-state index is 2.28. The predicted octanol–water partition coefficient (Wildman–Crippen LogP) is 4.34. The Hall–Kier alpha value is -1.60. The minimum absolute atomic E-state index is 0.992. The lowest BCUT2D eigenvalue weighted by Crippen LogP contribution is -2.10. The third kappa shape index (κ3) is 3.24. The minimum Gasteiger partial charge on any atom is -0.305 e. The first kappa shape index (κ1) is 13.8. The summed E-state index contributed by atoms with van der Waals surface area (Å²) < 4.78 is 0. The normalized spacial score (nSPS) is 11.1. The highest BCUT2D eigenvalue weighted by atomic mass is 15.0. The first-order valence-corrected chi connectivity index (χ1v) is 6.79. The summed E-state index contributed by atoms with van der Waals surface area (Å²) in [4.78, 5) is 2.19. The van der Waals surface area contributed by atoms with Gasteiger partial charge in [0, 0.05) is 6.54 Å². The molecule has 100 valence electrons.